The van der Waals surface area contributed by atoms with Gasteiger partial charge in [0.05, 0.1) is 0 Å². The van der Waals surface area contributed by atoms with Crippen LogP contribution in [0.15, 0.2) is 43.5 Å². The first-order chi connectivity index (χ1) is 7.15. The standard InChI is InChI=1S/C13H15NO/c1-4-13(15)14-9-11-7-5-6-8-12(11)10(2)3/h4-8H,1-2,9H2,3H3,(H,14,15). The highest BCUT2D eigenvalue weighted by Crippen LogP contribution is 2.16. The predicted octanol–water partition coefficient (Wildman–Crippen LogP) is 2.52. The summed E-state index contributed by atoms with van der Waals surface area (Å²) in [5.74, 6) is -0.161. The Labute approximate surface area is 90.3 Å². The number of allylic oxidation sites excluding steroid dienone is 1. The highest BCUT2D eigenvalue weighted by atomic mass is 16.1. The van der Waals surface area contributed by atoms with E-state index >= 15 is 0 Å². The zero-order chi connectivity index (χ0) is 11.3. The highest BCUT2D eigenvalue weighted by Gasteiger charge is 2.02. The molecular weight excluding hydrogens is 186 g/mol. The van der Waals surface area contributed by atoms with Crippen molar-refractivity contribution in [1.82, 2.24) is 5.32 Å². The van der Waals surface area contributed by atoms with E-state index in [1.54, 1.807) is 0 Å². The van der Waals surface area contributed by atoms with Crippen molar-refractivity contribution in [2.45, 2.75) is 13.5 Å². The third-order valence-corrected chi connectivity index (χ3v) is 2.12. The fourth-order valence-corrected chi connectivity index (χ4v) is 1.35. The van der Waals surface area contributed by atoms with Gasteiger partial charge in [-0.05, 0) is 24.1 Å². The molecule has 0 saturated heterocycles. The average molecular weight is 201 g/mol. The van der Waals surface area contributed by atoms with Gasteiger partial charge >= 0.3 is 0 Å². The molecule has 2 nitrogen and oxygen atoms in total. The van der Waals surface area contributed by atoms with E-state index in [0.29, 0.717) is 6.54 Å². The first-order valence-electron chi connectivity index (χ1n) is 4.79. The summed E-state index contributed by atoms with van der Waals surface area (Å²) in [6.07, 6.45) is 1.27. The van der Waals surface area contributed by atoms with Crippen LogP contribution in [0.3, 0.4) is 0 Å². The predicted molar refractivity (Wildman–Crippen MR) is 63.2 cm³/mol. The van der Waals surface area contributed by atoms with Crippen LogP contribution in [-0.2, 0) is 11.3 Å². The minimum Gasteiger partial charge on any atom is -0.348 e. The van der Waals surface area contributed by atoms with E-state index in [9.17, 15) is 4.79 Å². The van der Waals surface area contributed by atoms with E-state index in [0.717, 1.165) is 16.7 Å². The van der Waals surface area contributed by atoms with Gasteiger partial charge < -0.3 is 5.32 Å². The lowest BCUT2D eigenvalue weighted by atomic mass is 10.0. The maximum absolute atomic E-state index is 11.0. The van der Waals surface area contributed by atoms with E-state index < -0.39 is 0 Å². The second kappa shape index (κ2) is 5.15. The molecule has 1 N–H and O–H groups in total. The fourth-order valence-electron chi connectivity index (χ4n) is 1.35. The molecule has 1 rings (SSSR count). The Hall–Kier alpha value is -1.83. The van der Waals surface area contributed by atoms with Crippen LogP contribution < -0.4 is 5.32 Å². The molecule has 1 aromatic rings. The molecule has 2 heteroatoms. The van der Waals surface area contributed by atoms with Gasteiger partial charge in [0.2, 0.25) is 5.91 Å². The number of benzene rings is 1. The molecular formula is C13H15NO. The smallest absolute Gasteiger partial charge is 0.243 e. The molecule has 15 heavy (non-hydrogen) atoms. The largest absolute Gasteiger partial charge is 0.348 e. The summed E-state index contributed by atoms with van der Waals surface area (Å²) in [4.78, 5) is 11.0. The van der Waals surface area contributed by atoms with Crippen molar-refractivity contribution in [2.75, 3.05) is 0 Å². The molecule has 0 saturated carbocycles. The Morgan fingerprint density at radius 3 is 2.73 bits per heavy atom. The minimum atomic E-state index is -0.161. The molecule has 0 aliphatic rings. The summed E-state index contributed by atoms with van der Waals surface area (Å²) in [6, 6.07) is 7.88. The van der Waals surface area contributed by atoms with Crippen molar-refractivity contribution >= 4 is 11.5 Å². The first kappa shape index (κ1) is 11.2. The van der Waals surface area contributed by atoms with Crippen molar-refractivity contribution in [3.63, 3.8) is 0 Å². The van der Waals surface area contributed by atoms with E-state index in [1.807, 2.05) is 31.2 Å². The molecule has 0 aliphatic carbocycles. The van der Waals surface area contributed by atoms with Crippen LogP contribution in [0.2, 0.25) is 0 Å². The van der Waals surface area contributed by atoms with Crippen molar-refractivity contribution in [1.29, 1.82) is 0 Å². The number of carbonyl (C=O) groups is 1. The van der Waals surface area contributed by atoms with Gasteiger partial charge in [-0.15, -0.1) is 0 Å². The number of hydrogen-bond acceptors (Lipinski definition) is 1. The molecule has 0 bridgehead atoms. The molecule has 1 aromatic carbocycles. The van der Waals surface area contributed by atoms with Gasteiger partial charge in [-0.2, -0.15) is 0 Å². The van der Waals surface area contributed by atoms with Crippen molar-refractivity contribution in [2.24, 2.45) is 0 Å². The molecule has 0 radical (unpaired) electrons. The number of rotatable bonds is 4. The third-order valence-electron chi connectivity index (χ3n) is 2.12. The van der Waals surface area contributed by atoms with Crippen LogP contribution in [-0.4, -0.2) is 5.91 Å². The van der Waals surface area contributed by atoms with E-state index in [4.69, 9.17) is 0 Å². The molecule has 78 valence electrons. The van der Waals surface area contributed by atoms with E-state index in [1.165, 1.54) is 6.08 Å². The summed E-state index contributed by atoms with van der Waals surface area (Å²) in [5, 5.41) is 2.75. The zero-order valence-corrected chi connectivity index (χ0v) is 8.92. The highest BCUT2D eigenvalue weighted by molar-refractivity contribution is 5.86. The summed E-state index contributed by atoms with van der Waals surface area (Å²) in [5.41, 5.74) is 3.15. The first-order valence-corrected chi connectivity index (χ1v) is 4.79. The molecule has 0 atom stereocenters. The number of carbonyl (C=O) groups excluding carboxylic acids is 1. The maximum atomic E-state index is 11.0. The van der Waals surface area contributed by atoms with Crippen LogP contribution in [0.1, 0.15) is 18.1 Å². The van der Waals surface area contributed by atoms with Gasteiger partial charge in [0.25, 0.3) is 0 Å². The summed E-state index contributed by atoms with van der Waals surface area (Å²) < 4.78 is 0. The molecule has 0 unspecified atom stereocenters. The Kier molecular flexibility index (Phi) is 3.86. The Balaban J connectivity index is 2.80. The van der Waals surface area contributed by atoms with Crippen molar-refractivity contribution in [3.05, 3.63) is 54.6 Å². The van der Waals surface area contributed by atoms with Crippen molar-refractivity contribution in [3.8, 4) is 0 Å². The molecule has 0 fully saturated rings. The van der Waals surface area contributed by atoms with Crippen LogP contribution in [0.5, 0.6) is 0 Å². The minimum absolute atomic E-state index is 0.161. The van der Waals surface area contributed by atoms with Gasteiger partial charge in [-0.3, -0.25) is 4.79 Å². The Morgan fingerprint density at radius 1 is 1.47 bits per heavy atom. The number of hydrogen-bond donors (Lipinski definition) is 1. The van der Waals surface area contributed by atoms with Gasteiger partial charge in [-0.25, -0.2) is 0 Å². The Bertz CT molecular complexity index is 393. The molecule has 0 aromatic heterocycles. The lowest BCUT2D eigenvalue weighted by Gasteiger charge is -2.09. The normalized spacial score (nSPS) is 9.40. The van der Waals surface area contributed by atoms with Gasteiger partial charge in [-0.1, -0.05) is 43.0 Å². The molecule has 0 aliphatic heterocycles. The van der Waals surface area contributed by atoms with Gasteiger partial charge in [0.1, 0.15) is 0 Å². The zero-order valence-electron chi connectivity index (χ0n) is 8.92. The third kappa shape index (κ3) is 3.09. The maximum Gasteiger partial charge on any atom is 0.243 e. The second-order valence-electron chi connectivity index (χ2n) is 3.36. The molecule has 0 heterocycles. The number of amides is 1. The average Bonchev–Trinajstić information content (AvgIpc) is 2.26. The fraction of sp³-hybridized carbons (Fsp3) is 0.154. The summed E-state index contributed by atoms with van der Waals surface area (Å²) >= 11 is 0. The van der Waals surface area contributed by atoms with Crippen LogP contribution in [0.4, 0.5) is 0 Å². The van der Waals surface area contributed by atoms with Crippen LogP contribution in [0, 0.1) is 0 Å². The van der Waals surface area contributed by atoms with E-state index in [2.05, 4.69) is 18.5 Å². The second-order valence-corrected chi connectivity index (χ2v) is 3.36. The summed E-state index contributed by atoms with van der Waals surface area (Å²) in [6.45, 7) is 9.76. The molecule has 0 spiro atoms. The number of nitrogens with one attached hydrogen (secondary N) is 1. The van der Waals surface area contributed by atoms with Gasteiger partial charge in [0.15, 0.2) is 0 Å². The van der Waals surface area contributed by atoms with Gasteiger partial charge in [0, 0.05) is 6.54 Å². The van der Waals surface area contributed by atoms with Crippen LogP contribution >= 0.6 is 0 Å². The lowest BCUT2D eigenvalue weighted by molar-refractivity contribution is -0.116. The topological polar surface area (TPSA) is 29.1 Å². The summed E-state index contributed by atoms with van der Waals surface area (Å²) in [7, 11) is 0. The SMILES string of the molecule is C=CC(=O)NCc1ccccc1C(=C)C. The monoisotopic (exact) mass is 201 g/mol. The van der Waals surface area contributed by atoms with E-state index in [-0.39, 0.29) is 5.91 Å². The van der Waals surface area contributed by atoms with Crippen molar-refractivity contribution < 1.29 is 4.79 Å². The molecule has 1 amide bonds. The Morgan fingerprint density at radius 2 is 2.13 bits per heavy atom. The quantitative estimate of drug-likeness (QED) is 0.745. The lowest BCUT2D eigenvalue weighted by Crippen LogP contribution is -2.20. The van der Waals surface area contributed by atoms with Crippen LogP contribution in [0.25, 0.3) is 5.57 Å².